The van der Waals surface area contributed by atoms with Gasteiger partial charge in [-0.1, -0.05) is 26.0 Å². The summed E-state index contributed by atoms with van der Waals surface area (Å²) < 4.78 is 5.06. The molecule has 0 radical (unpaired) electrons. The molecule has 1 aromatic carbocycles. The number of carboxylic acid groups (broad SMARTS) is 1. The van der Waals surface area contributed by atoms with Crippen LogP contribution >= 0.6 is 12.6 Å². The highest BCUT2D eigenvalue weighted by molar-refractivity contribution is 7.80. The molecule has 0 aliphatic rings. The second-order valence-corrected chi connectivity index (χ2v) is 4.88. The first-order chi connectivity index (χ1) is 7.97. The van der Waals surface area contributed by atoms with Crippen molar-refractivity contribution in [1.82, 2.24) is 0 Å². The molecule has 0 amide bonds. The van der Waals surface area contributed by atoms with Crippen LogP contribution in [-0.4, -0.2) is 18.2 Å². The molecule has 3 nitrogen and oxygen atoms in total. The topological polar surface area (TPSA) is 46.5 Å². The smallest absolute Gasteiger partial charge is 0.308 e. The van der Waals surface area contributed by atoms with Crippen LogP contribution in [0.1, 0.15) is 24.7 Å². The first-order valence-electron chi connectivity index (χ1n) is 5.52. The zero-order valence-electron chi connectivity index (χ0n) is 10.3. The lowest BCUT2D eigenvalue weighted by Gasteiger charge is -2.23. The molecule has 0 saturated carbocycles. The number of thiol groups is 1. The Morgan fingerprint density at radius 2 is 1.82 bits per heavy atom. The summed E-state index contributed by atoms with van der Waals surface area (Å²) in [4.78, 5) is 11.2. The number of hydrogen-bond donors (Lipinski definition) is 2. The molecule has 0 saturated heterocycles. The van der Waals surface area contributed by atoms with E-state index in [1.54, 1.807) is 7.11 Å². The first kappa shape index (κ1) is 13.9. The van der Waals surface area contributed by atoms with Crippen molar-refractivity contribution in [2.45, 2.75) is 19.1 Å². The van der Waals surface area contributed by atoms with E-state index in [-0.39, 0.29) is 11.2 Å². The fourth-order valence-electron chi connectivity index (χ4n) is 1.79. The van der Waals surface area contributed by atoms with Crippen molar-refractivity contribution in [3.8, 4) is 5.75 Å². The second-order valence-electron chi connectivity index (χ2n) is 4.33. The Bertz CT molecular complexity index is 373. The number of hydrogen-bond acceptors (Lipinski definition) is 3. The second kappa shape index (κ2) is 5.96. The lowest BCUT2D eigenvalue weighted by atomic mass is 9.89. The molecule has 1 N–H and O–H groups in total. The molecule has 4 heteroatoms. The van der Waals surface area contributed by atoms with Crippen molar-refractivity contribution < 1.29 is 14.6 Å². The Morgan fingerprint density at radius 3 is 2.18 bits per heavy atom. The molecule has 0 fully saturated rings. The van der Waals surface area contributed by atoms with Crippen LogP contribution in [0.2, 0.25) is 0 Å². The third-order valence-electron chi connectivity index (χ3n) is 2.80. The number of aliphatic carboxylic acids is 1. The normalized spacial score (nSPS) is 14.4. The Balaban J connectivity index is 2.93. The number of carboxylic acids is 1. The van der Waals surface area contributed by atoms with Gasteiger partial charge in [0.2, 0.25) is 0 Å². The molecule has 17 heavy (non-hydrogen) atoms. The number of rotatable bonds is 5. The number of methoxy groups -OCH3 is 1. The molecule has 0 heterocycles. The van der Waals surface area contributed by atoms with Gasteiger partial charge in [0.1, 0.15) is 5.75 Å². The molecule has 1 rings (SSSR count). The predicted molar refractivity (Wildman–Crippen MR) is 70.7 cm³/mol. The third-order valence-corrected chi connectivity index (χ3v) is 3.42. The Labute approximate surface area is 107 Å². The highest BCUT2D eigenvalue weighted by atomic mass is 32.1. The van der Waals surface area contributed by atoms with E-state index in [2.05, 4.69) is 12.6 Å². The summed E-state index contributed by atoms with van der Waals surface area (Å²) in [5, 5.41) is 8.90. The molecule has 0 spiro atoms. The Kier molecular flexibility index (Phi) is 4.87. The molecule has 0 aliphatic carbocycles. The average Bonchev–Trinajstić information content (AvgIpc) is 2.28. The van der Waals surface area contributed by atoms with Crippen LogP contribution in [0.5, 0.6) is 5.75 Å². The summed E-state index contributed by atoms with van der Waals surface area (Å²) in [5.41, 5.74) is 0.898. The van der Waals surface area contributed by atoms with Gasteiger partial charge < -0.3 is 9.84 Å². The third kappa shape index (κ3) is 3.40. The molecule has 0 bridgehead atoms. The maximum Gasteiger partial charge on any atom is 0.308 e. The van der Waals surface area contributed by atoms with E-state index in [0.29, 0.717) is 0 Å². The molecular weight excluding hydrogens is 236 g/mol. The highest BCUT2D eigenvalue weighted by Gasteiger charge is 2.29. The summed E-state index contributed by atoms with van der Waals surface area (Å²) in [6, 6.07) is 7.35. The molecular formula is C13H18O3S. The van der Waals surface area contributed by atoms with Crippen molar-refractivity contribution in [2.24, 2.45) is 11.8 Å². The predicted octanol–water partition coefficient (Wildman–Crippen LogP) is 3.02. The van der Waals surface area contributed by atoms with Crippen molar-refractivity contribution in [2.75, 3.05) is 7.11 Å². The van der Waals surface area contributed by atoms with Crippen molar-refractivity contribution >= 4 is 18.6 Å². The van der Waals surface area contributed by atoms with Gasteiger partial charge in [-0.15, -0.1) is 0 Å². The number of carbonyl (C=O) groups is 1. The number of benzene rings is 1. The van der Waals surface area contributed by atoms with E-state index in [9.17, 15) is 9.90 Å². The minimum Gasteiger partial charge on any atom is -0.497 e. The summed E-state index contributed by atoms with van der Waals surface area (Å²) >= 11 is 4.44. The van der Waals surface area contributed by atoms with Crippen LogP contribution in [0.4, 0.5) is 0 Å². The van der Waals surface area contributed by atoms with Crippen LogP contribution in [-0.2, 0) is 4.79 Å². The van der Waals surface area contributed by atoms with Gasteiger partial charge >= 0.3 is 5.97 Å². The SMILES string of the molecule is COc1ccc(C(S)C(C(=O)O)C(C)C)cc1. The van der Waals surface area contributed by atoms with E-state index in [1.165, 1.54) is 0 Å². The lowest BCUT2D eigenvalue weighted by Crippen LogP contribution is -2.24. The number of ether oxygens (including phenoxy) is 1. The van der Waals surface area contributed by atoms with E-state index in [1.807, 2.05) is 38.1 Å². The van der Waals surface area contributed by atoms with Gasteiger partial charge in [0, 0.05) is 5.25 Å². The quantitative estimate of drug-likeness (QED) is 0.794. The van der Waals surface area contributed by atoms with Gasteiger partial charge in [0.05, 0.1) is 13.0 Å². The molecule has 2 atom stereocenters. The fraction of sp³-hybridized carbons (Fsp3) is 0.462. The van der Waals surface area contributed by atoms with Gasteiger partial charge in [-0.25, -0.2) is 0 Å². The summed E-state index contributed by atoms with van der Waals surface area (Å²) in [5.74, 6) is -0.509. The first-order valence-corrected chi connectivity index (χ1v) is 6.03. The monoisotopic (exact) mass is 254 g/mol. The molecule has 0 aliphatic heterocycles. The summed E-state index contributed by atoms with van der Waals surface area (Å²) in [7, 11) is 1.60. The van der Waals surface area contributed by atoms with Crippen molar-refractivity contribution in [3.05, 3.63) is 29.8 Å². The van der Waals surface area contributed by atoms with E-state index in [0.717, 1.165) is 11.3 Å². The molecule has 0 aromatic heterocycles. The van der Waals surface area contributed by atoms with E-state index >= 15 is 0 Å². The van der Waals surface area contributed by atoms with Crippen LogP contribution in [0.3, 0.4) is 0 Å². The summed E-state index contributed by atoms with van der Waals surface area (Å²) in [6.45, 7) is 3.79. The minimum absolute atomic E-state index is 0.0390. The van der Waals surface area contributed by atoms with Crippen LogP contribution < -0.4 is 4.74 Å². The zero-order valence-corrected chi connectivity index (χ0v) is 11.1. The molecule has 2 unspecified atom stereocenters. The van der Waals surface area contributed by atoms with Gasteiger partial charge in [-0.2, -0.15) is 12.6 Å². The minimum atomic E-state index is -0.809. The molecule has 94 valence electrons. The largest absolute Gasteiger partial charge is 0.497 e. The fourth-order valence-corrected chi connectivity index (χ4v) is 2.44. The van der Waals surface area contributed by atoms with Gasteiger partial charge in [0.15, 0.2) is 0 Å². The Morgan fingerprint density at radius 1 is 1.29 bits per heavy atom. The van der Waals surface area contributed by atoms with Gasteiger partial charge in [0.25, 0.3) is 0 Å². The standard InChI is InChI=1S/C13H18O3S/c1-8(2)11(13(14)15)12(17)9-4-6-10(16-3)7-5-9/h4-8,11-12,17H,1-3H3,(H,14,15). The zero-order chi connectivity index (χ0) is 13.0. The maximum absolute atomic E-state index is 11.2. The van der Waals surface area contributed by atoms with Gasteiger partial charge in [-0.3, -0.25) is 4.79 Å². The van der Waals surface area contributed by atoms with E-state index < -0.39 is 11.9 Å². The average molecular weight is 254 g/mol. The highest BCUT2D eigenvalue weighted by Crippen LogP contribution is 2.34. The van der Waals surface area contributed by atoms with Gasteiger partial charge in [-0.05, 0) is 23.6 Å². The van der Waals surface area contributed by atoms with E-state index in [4.69, 9.17) is 4.74 Å². The maximum atomic E-state index is 11.2. The van der Waals surface area contributed by atoms with Crippen molar-refractivity contribution in [3.63, 3.8) is 0 Å². The van der Waals surface area contributed by atoms with Crippen molar-refractivity contribution in [1.29, 1.82) is 0 Å². The van der Waals surface area contributed by atoms with Crippen LogP contribution in [0.25, 0.3) is 0 Å². The summed E-state index contributed by atoms with van der Waals surface area (Å²) in [6.07, 6.45) is 0. The van der Waals surface area contributed by atoms with Crippen LogP contribution in [0, 0.1) is 11.8 Å². The van der Waals surface area contributed by atoms with Crippen LogP contribution in [0.15, 0.2) is 24.3 Å². The lowest BCUT2D eigenvalue weighted by molar-refractivity contribution is -0.143. The molecule has 1 aromatic rings. The Hall–Kier alpha value is -1.16.